The summed E-state index contributed by atoms with van der Waals surface area (Å²) in [6.45, 7) is 7.03. The van der Waals surface area contributed by atoms with Crippen molar-refractivity contribution in [2.45, 2.75) is 39.2 Å². The summed E-state index contributed by atoms with van der Waals surface area (Å²) in [7, 11) is 0. The van der Waals surface area contributed by atoms with Gasteiger partial charge in [-0.05, 0) is 50.3 Å². The fourth-order valence-corrected chi connectivity index (χ4v) is 2.85. The number of hydrogen-bond donors (Lipinski definition) is 2. The summed E-state index contributed by atoms with van der Waals surface area (Å²) >= 11 is 0. The Bertz CT molecular complexity index is 382. The summed E-state index contributed by atoms with van der Waals surface area (Å²) in [5.41, 5.74) is 8.53. The number of nitrogen functional groups attached to an aromatic ring is 1. The lowest BCUT2D eigenvalue weighted by atomic mass is 9.85. The van der Waals surface area contributed by atoms with Gasteiger partial charge in [0.15, 0.2) is 0 Å². The van der Waals surface area contributed by atoms with E-state index < -0.39 is 0 Å². The maximum atomic E-state index is 6.12. The standard InChI is InChI=1S/C15H25N3O/c1-3-7-17-14(12-5-9-19-10-6-12)13-11(2)4-8-18-15(13)16/h4,8,12,14,17H,3,5-7,9-10H2,1-2H3,(H2,16,18). The SMILES string of the molecule is CCCNC(c1c(C)ccnc1N)C1CCOCC1. The van der Waals surface area contributed by atoms with Crippen LogP contribution in [0.5, 0.6) is 0 Å². The molecule has 0 saturated carbocycles. The van der Waals surface area contributed by atoms with E-state index in [4.69, 9.17) is 10.5 Å². The van der Waals surface area contributed by atoms with Crippen LogP contribution in [0.25, 0.3) is 0 Å². The minimum absolute atomic E-state index is 0.303. The smallest absolute Gasteiger partial charge is 0.128 e. The highest BCUT2D eigenvalue weighted by Crippen LogP contribution is 2.34. The number of anilines is 1. The fraction of sp³-hybridized carbons (Fsp3) is 0.667. The Morgan fingerprint density at radius 3 is 2.84 bits per heavy atom. The molecule has 1 aliphatic heterocycles. The van der Waals surface area contributed by atoms with Gasteiger partial charge >= 0.3 is 0 Å². The van der Waals surface area contributed by atoms with Gasteiger partial charge in [-0.3, -0.25) is 0 Å². The highest BCUT2D eigenvalue weighted by molar-refractivity contribution is 5.46. The average molecular weight is 263 g/mol. The first kappa shape index (κ1) is 14.3. The van der Waals surface area contributed by atoms with E-state index in [-0.39, 0.29) is 0 Å². The van der Waals surface area contributed by atoms with Gasteiger partial charge in [0.05, 0.1) is 0 Å². The minimum Gasteiger partial charge on any atom is -0.383 e. The molecule has 0 bridgehead atoms. The van der Waals surface area contributed by atoms with E-state index in [9.17, 15) is 0 Å². The summed E-state index contributed by atoms with van der Waals surface area (Å²) in [6.07, 6.45) is 5.10. The van der Waals surface area contributed by atoms with Crippen molar-refractivity contribution in [2.24, 2.45) is 5.92 Å². The number of aromatic nitrogens is 1. The van der Waals surface area contributed by atoms with Crippen LogP contribution >= 0.6 is 0 Å². The minimum atomic E-state index is 0.303. The van der Waals surface area contributed by atoms with Crippen LogP contribution in [-0.2, 0) is 4.74 Å². The molecule has 1 aromatic heterocycles. The Morgan fingerprint density at radius 2 is 2.21 bits per heavy atom. The van der Waals surface area contributed by atoms with Crippen molar-refractivity contribution in [2.75, 3.05) is 25.5 Å². The molecule has 1 fully saturated rings. The van der Waals surface area contributed by atoms with Crippen molar-refractivity contribution in [3.05, 3.63) is 23.4 Å². The Kier molecular flexibility index (Phi) is 5.16. The number of pyridine rings is 1. The van der Waals surface area contributed by atoms with Crippen LogP contribution in [0.3, 0.4) is 0 Å². The van der Waals surface area contributed by atoms with Crippen molar-refractivity contribution in [3.63, 3.8) is 0 Å². The zero-order chi connectivity index (χ0) is 13.7. The van der Waals surface area contributed by atoms with E-state index in [2.05, 4.69) is 24.1 Å². The lowest BCUT2D eigenvalue weighted by molar-refractivity contribution is 0.0536. The molecule has 0 aliphatic carbocycles. The summed E-state index contributed by atoms with van der Waals surface area (Å²) in [5, 5.41) is 3.66. The van der Waals surface area contributed by atoms with E-state index in [1.54, 1.807) is 6.20 Å². The molecule has 3 N–H and O–H groups in total. The normalized spacial score (nSPS) is 18.4. The molecule has 0 radical (unpaired) electrons. The molecule has 1 unspecified atom stereocenters. The van der Waals surface area contributed by atoms with Crippen molar-refractivity contribution >= 4 is 5.82 Å². The monoisotopic (exact) mass is 263 g/mol. The number of rotatable bonds is 5. The van der Waals surface area contributed by atoms with Crippen molar-refractivity contribution < 1.29 is 4.74 Å². The van der Waals surface area contributed by atoms with Gasteiger partial charge in [-0.15, -0.1) is 0 Å². The molecule has 0 aromatic carbocycles. The molecule has 2 heterocycles. The molecule has 0 spiro atoms. The summed E-state index contributed by atoms with van der Waals surface area (Å²) in [6, 6.07) is 2.35. The molecule has 2 rings (SSSR count). The predicted molar refractivity (Wildman–Crippen MR) is 78.0 cm³/mol. The van der Waals surface area contributed by atoms with Crippen LogP contribution in [-0.4, -0.2) is 24.7 Å². The zero-order valence-electron chi connectivity index (χ0n) is 12.0. The second-order valence-electron chi connectivity index (χ2n) is 5.31. The second kappa shape index (κ2) is 6.87. The molecule has 0 amide bonds. The van der Waals surface area contributed by atoms with Gasteiger partial charge in [0, 0.05) is 31.0 Å². The Morgan fingerprint density at radius 1 is 1.47 bits per heavy atom. The first-order valence-corrected chi connectivity index (χ1v) is 7.26. The molecule has 1 saturated heterocycles. The number of nitrogens with zero attached hydrogens (tertiary/aromatic N) is 1. The number of aryl methyl sites for hydroxylation is 1. The van der Waals surface area contributed by atoms with Crippen molar-refractivity contribution in [3.8, 4) is 0 Å². The number of ether oxygens (including phenoxy) is 1. The quantitative estimate of drug-likeness (QED) is 0.856. The number of nitrogens with one attached hydrogen (secondary N) is 1. The van der Waals surface area contributed by atoms with Gasteiger partial charge in [0.25, 0.3) is 0 Å². The Labute approximate surface area is 115 Å². The maximum absolute atomic E-state index is 6.12. The predicted octanol–water partition coefficient (Wildman–Crippen LogP) is 2.44. The zero-order valence-corrected chi connectivity index (χ0v) is 12.0. The third-order valence-electron chi connectivity index (χ3n) is 3.90. The van der Waals surface area contributed by atoms with Crippen LogP contribution in [0.15, 0.2) is 12.3 Å². The van der Waals surface area contributed by atoms with E-state index in [0.717, 1.165) is 39.0 Å². The van der Waals surface area contributed by atoms with Gasteiger partial charge in [0.2, 0.25) is 0 Å². The molecular weight excluding hydrogens is 238 g/mol. The third kappa shape index (κ3) is 3.45. The molecule has 106 valence electrons. The second-order valence-corrected chi connectivity index (χ2v) is 5.31. The summed E-state index contributed by atoms with van der Waals surface area (Å²) in [5.74, 6) is 1.26. The number of nitrogens with two attached hydrogens (primary N) is 1. The van der Waals surface area contributed by atoms with E-state index in [0.29, 0.717) is 17.8 Å². The van der Waals surface area contributed by atoms with Crippen molar-refractivity contribution in [1.82, 2.24) is 10.3 Å². The average Bonchev–Trinajstić information content (AvgIpc) is 2.43. The van der Waals surface area contributed by atoms with Crippen molar-refractivity contribution in [1.29, 1.82) is 0 Å². The highest BCUT2D eigenvalue weighted by atomic mass is 16.5. The maximum Gasteiger partial charge on any atom is 0.128 e. The van der Waals surface area contributed by atoms with E-state index >= 15 is 0 Å². The third-order valence-corrected chi connectivity index (χ3v) is 3.90. The lowest BCUT2D eigenvalue weighted by Gasteiger charge is -2.32. The van der Waals surface area contributed by atoms with E-state index in [1.165, 1.54) is 11.1 Å². The largest absolute Gasteiger partial charge is 0.383 e. The van der Waals surface area contributed by atoms with Crippen LogP contribution < -0.4 is 11.1 Å². The van der Waals surface area contributed by atoms with Gasteiger partial charge in [-0.1, -0.05) is 6.92 Å². The Balaban J connectivity index is 2.25. The van der Waals surface area contributed by atoms with Gasteiger partial charge in [0.1, 0.15) is 5.82 Å². The molecule has 1 aromatic rings. The van der Waals surface area contributed by atoms with E-state index in [1.807, 2.05) is 6.07 Å². The summed E-state index contributed by atoms with van der Waals surface area (Å²) < 4.78 is 5.48. The first-order valence-electron chi connectivity index (χ1n) is 7.26. The van der Waals surface area contributed by atoms with Crippen LogP contribution in [0.4, 0.5) is 5.82 Å². The van der Waals surface area contributed by atoms with Gasteiger partial charge in [-0.25, -0.2) is 4.98 Å². The highest BCUT2D eigenvalue weighted by Gasteiger charge is 2.27. The number of hydrogen-bond acceptors (Lipinski definition) is 4. The topological polar surface area (TPSA) is 60.2 Å². The lowest BCUT2D eigenvalue weighted by Crippen LogP contribution is -2.33. The summed E-state index contributed by atoms with van der Waals surface area (Å²) in [4.78, 5) is 4.27. The van der Waals surface area contributed by atoms with Gasteiger partial charge < -0.3 is 15.8 Å². The van der Waals surface area contributed by atoms with Crippen LogP contribution in [0.2, 0.25) is 0 Å². The fourth-order valence-electron chi connectivity index (χ4n) is 2.85. The van der Waals surface area contributed by atoms with Crippen LogP contribution in [0.1, 0.15) is 43.4 Å². The molecule has 19 heavy (non-hydrogen) atoms. The Hall–Kier alpha value is -1.13. The molecule has 1 atom stereocenters. The van der Waals surface area contributed by atoms with Gasteiger partial charge in [-0.2, -0.15) is 0 Å². The molecule has 4 heteroatoms. The van der Waals surface area contributed by atoms with Crippen LogP contribution in [0, 0.1) is 12.8 Å². The first-order chi connectivity index (χ1) is 9.24. The molecule has 4 nitrogen and oxygen atoms in total. The molecular formula is C15H25N3O. The molecule has 1 aliphatic rings.